The molecule has 0 radical (unpaired) electrons. The van der Waals surface area contributed by atoms with E-state index in [-0.39, 0.29) is 11.9 Å². The molecule has 0 aliphatic heterocycles. The number of aryl methyl sites for hydroxylation is 1. The number of imidazole rings is 1. The fourth-order valence-electron chi connectivity index (χ4n) is 3.43. The maximum Gasteiger partial charge on any atom is 0.222 e. The van der Waals surface area contributed by atoms with Crippen molar-refractivity contribution in [3.05, 3.63) is 78.6 Å². The van der Waals surface area contributed by atoms with Gasteiger partial charge in [-0.3, -0.25) is 4.79 Å². The summed E-state index contributed by atoms with van der Waals surface area (Å²) in [5, 5.41) is 5.50. The van der Waals surface area contributed by atoms with Crippen LogP contribution in [0.2, 0.25) is 0 Å². The monoisotopic (exact) mass is 343 g/mol. The second-order valence-corrected chi connectivity index (χ2v) is 6.53. The largest absolute Gasteiger partial charge is 0.350 e. The number of hydrogen-bond donors (Lipinski definition) is 1. The van der Waals surface area contributed by atoms with Gasteiger partial charge in [0.2, 0.25) is 5.91 Å². The Morgan fingerprint density at radius 1 is 1.04 bits per heavy atom. The lowest BCUT2D eigenvalue weighted by molar-refractivity contribution is -0.121. The Hall–Kier alpha value is -3.14. The highest BCUT2D eigenvalue weighted by molar-refractivity contribution is 5.87. The minimum Gasteiger partial charge on any atom is -0.350 e. The molecule has 0 aliphatic carbocycles. The van der Waals surface area contributed by atoms with Crippen molar-refractivity contribution in [2.45, 2.75) is 25.9 Å². The van der Waals surface area contributed by atoms with Crippen molar-refractivity contribution in [3.63, 3.8) is 0 Å². The molecule has 26 heavy (non-hydrogen) atoms. The predicted octanol–water partition coefficient (Wildman–Crippen LogP) is 4.46. The number of fused-ring (bicyclic) bond motifs is 2. The number of nitrogens with zero attached hydrogens (tertiary/aromatic N) is 2. The van der Waals surface area contributed by atoms with Gasteiger partial charge in [-0.25, -0.2) is 4.98 Å². The molecule has 4 nitrogen and oxygen atoms in total. The van der Waals surface area contributed by atoms with Crippen molar-refractivity contribution < 1.29 is 4.79 Å². The van der Waals surface area contributed by atoms with Crippen LogP contribution >= 0.6 is 0 Å². The van der Waals surface area contributed by atoms with Gasteiger partial charge < -0.3 is 9.88 Å². The summed E-state index contributed by atoms with van der Waals surface area (Å²) in [6.45, 7) is 2.65. The van der Waals surface area contributed by atoms with Crippen LogP contribution in [-0.4, -0.2) is 15.5 Å². The molecule has 1 amide bonds. The number of rotatable bonds is 5. The molecule has 0 fully saturated rings. The first-order valence-corrected chi connectivity index (χ1v) is 8.89. The second kappa shape index (κ2) is 7.00. The molecule has 3 aromatic carbocycles. The van der Waals surface area contributed by atoms with Crippen molar-refractivity contribution in [1.82, 2.24) is 14.9 Å². The molecule has 1 aromatic heterocycles. The molecular weight excluding hydrogens is 322 g/mol. The lowest BCUT2D eigenvalue weighted by Gasteiger charge is -2.17. The van der Waals surface area contributed by atoms with Gasteiger partial charge >= 0.3 is 0 Å². The van der Waals surface area contributed by atoms with Gasteiger partial charge in [0.1, 0.15) is 0 Å². The van der Waals surface area contributed by atoms with E-state index in [1.807, 2.05) is 54.0 Å². The van der Waals surface area contributed by atoms with Crippen LogP contribution in [0.25, 0.3) is 21.8 Å². The normalized spacial score (nSPS) is 12.3. The topological polar surface area (TPSA) is 46.9 Å². The SMILES string of the molecule is C[C@@H](NC(=O)CCn1cnc2ccccc21)c1cccc2ccccc12. The van der Waals surface area contributed by atoms with Crippen LogP contribution in [0, 0.1) is 0 Å². The number of benzene rings is 3. The van der Waals surface area contributed by atoms with Gasteiger partial charge in [0.05, 0.1) is 23.4 Å². The molecule has 0 saturated heterocycles. The molecule has 130 valence electrons. The molecule has 1 heterocycles. The molecule has 0 saturated carbocycles. The summed E-state index contributed by atoms with van der Waals surface area (Å²) in [6, 6.07) is 22.4. The first-order chi connectivity index (χ1) is 12.7. The van der Waals surface area contributed by atoms with E-state index in [2.05, 4.69) is 34.6 Å². The fraction of sp³-hybridized carbons (Fsp3) is 0.182. The molecule has 1 N–H and O–H groups in total. The Bertz CT molecular complexity index is 1060. The quantitative estimate of drug-likeness (QED) is 0.582. The summed E-state index contributed by atoms with van der Waals surface area (Å²) < 4.78 is 2.03. The van der Waals surface area contributed by atoms with E-state index in [4.69, 9.17) is 0 Å². The first kappa shape index (κ1) is 16.3. The zero-order valence-electron chi connectivity index (χ0n) is 14.7. The van der Waals surface area contributed by atoms with E-state index in [1.165, 1.54) is 10.8 Å². The Balaban J connectivity index is 1.44. The summed E-state index contributed by atoms with van der Waals surface area (Å²) in [5.41, 5.74) is 3.16. The van der Waals surface area contributed by atoms with E-state index in [0.717, 1.165) is 16.6 Å². The molecule has 0 spiro atoms. The van der Waals surface area contributed by atoms with Crippen LogP contribution in [-0.2, 0) is 11.3 Å². The highest BCUT2D eigenvalue weighted by atomic mass is 16.1. The van der Waals surface area contributed by atoms with Crippen molar-refractivity contribution in [2.75, 3.05) is 0 Å². The minimum absolute atomic E-state index is 0.0341. The first-order valence-electron chi connectivity index (χ1n) is 8.89. The maximum absolute atomic E-state index is 12.4. The van der Waals surface area contributed by atoms with Crippen LogP contribution in [0.1, 0.15) is 24.9 Å². The van der Waals surface area contributed by atoms with Crippen LogP contribution < -0.4 is 5.32 Å². The average Bonchev–Trinajstić information content (AvgIpc) is 3.09. The van der Waals surface area contributed by atoms with Crippen molar-refractivity contribution in [1.29, 1.82) is 0 Å². The predicted molar refractivity (Wildman–Crippen MR) is 105 cm³/mol. The van der Waals surface area contributed by atoms with Gasteiger partial charge in [0.15, 0.2) is 0 Å². The number of amides is 1. The van der Waals surface area contributed by atoms with Gasteiger partial charge in [0.25, 0.3) is 0 Å². The standard InChI is InChI=1S/C22H21N3O/c1-16(18-10-6-8-17-7-2-3-9-19(17)18)24-22(26)13-14-25-15-23-20-11-4-5-12-21(20)25/h2-12,15-16H,13-14H2,1H3,(H,24,26)/t16-/m1/s1. The van der Waals surface area contributed by atoms with Gasteiger partial charge in [0, 0.05) is 13.0 Å². The number of nitrogens with one attached hydrogen (secondary N) is 1. The van der Waals surface area contributed by atoms with E-state index in [9.17, 15) is 4.79 Å². The fourth-order valence-corrected chi connectivity index (χ4v) is 3.43. The molecular formula is C22H21N3O. The number of para-hydroxylation sites is 2. The number of aromatic nitrogens is 2. The smallest absolute Gasteiger partial charge is 0.222 e. The highest BCUT2D eigenvalue weighted by Crippen LogP contribution is 2.24. The lowest BCUT2D eigenvalue weighted by atomic mass is 9.99. The highest BCUT2D eigenvalue weighted by Gasteiger charge is 2.12. The van der Waals surface area contributed by atoms with Gasteiger partial charge in [-0.1, -0.05) is 54.6 Å². The summed E-state index contributed by atoms with van der Waals surface area (Å²) in [7, 11) is 0. The van der Waals surface area contributed by atoms with E-state index in [0.29, 0.717) is 13.0 Å². The van der Waals surface area contributed by atoms with Gasteiger partial charge in [-0.15, -0.1) is 0 Å². The van der Waals surface area contributed by atoms with Crippen LogP contribution in [0.4, 0.5) is 0 Å². The third kappa shape index (κ3) is 3.18. The molecule has 1 atom stereocenters. The van der Waals surface area contributed by atoms with E-state index in [1.54, 1.807) is 6.33 Å². The van der Waals surface area contributed by atoms with E-state index < -0.39 is 0 Å². The van der Waals surface area contributed by atoms with Crippen LogP contribution in [0.5, 0.6) is 0 Å². The number of hydrogen-bond acceptors (Lipinski definition) is 2. The lowest BCUT2D eigenvalue weighted by Crippen LogP contribution is -2.27. The van der Waals surface area contributed by atoms with Crippen molar-refractivity contribution >= 4 is 27.7 Å². The third-order valence-corrected chi connectivity index (χ3v) is 4.77. The molecule has 0 unspecified atom stereocenters. The molecule has 4 heteroatoms. The molecule has 4 rings (SSSR count). The Kier molecular flexibility index (Phi) is 4.40. The Morgan fingerprint density at radius 3 is 2.73 bits per heavy atom. The summed E-state index contributed by atoms with van der Waals surface area (Å²) in [4.78, 5) is 16.8. The summed E-state index contributed by atoms with van der Waals surface area (Å²) >= 11 is 0. The minimum atomic E-state index is -0.0341. The molecule has 4 aromatic rings. The average molecular weight is 343 g/mol. The van der Waals surface area contributed by atoms with Crippen molar-refractivity contribution in [2.24, 2.45) is 0 Å². The van der Waals surface area contributed by atoms with Gasteiger partial charge in [-0.05, 0) is 35.4 Å². The molecule has 0 bridgehead atoms. The van der Waals surface area contributed by atoms with Gasteiger partial charge in [-0.2, -0.15) is 0 Å². The summed E-state index contributed by atoms with van der Waals surface area (Å²) in [6.07, 6.45) is 2.22. The summed E-state index contributed by atoms with van der Waals surface area (Å²) in [5.74, 6) is 0.0446. The Morgan fingerprint density at radius 2 is 1.81 bits per heavy atom. The zero-order chi connectivity index (χ0) is 17.9. The zero-order valence-corrected chi connectivity index (χ0v) is 14.7. The van der Waals surface area contributed by atoms with E-state index >= 15 is 0 Å². The third-order valence-electron chi connectivity index (χ3n) is 4.77. The number of carbonyl (C=O) groups excluding carboxylic acids is 1. The number of carbonyl (C=O) groups is 1. The van der Waals surface area contributed by atoms with Crippen LogP contribution in [0.15, 0.2) is 73.1 Å². The second-order valence-electron chi connectivity index (χ2n) is 6.53. The van der Waals surface area contributed by atoms with Crippen molar-refractivity contribution in [3.8, 4) is 0 Å². The molecule has 0 aliphatic rings. The maximum atomic E-state index is 12.4. The Labute approximate surface area is 152 Å². The van der Waals surface area contributed by atoms with Crippen LogP contribution in [0.3, 0.4) is 0 Å².